The second-order valence-electron chi connectivity index (χ2n) is 8.38. The van der Waals surface area contributed by atoms with Gasteiger partial charge in [-0.05, 0) is 37.0 Å². The number of carbonyl (C=O) groups is 1. The predicted octanol–water partition coefficient (Wildman–Crippen LogP) is 3.04. The Balaban J connectivity index is 1.52. The molecular formula is C23H26N2O4S. The zero-order chi connectivity index (χ0) is 20.7. The van der Waals surface area contributed by atoms with E-state index in [0.717, 1.165) is 18.4 Å². The molecule has 0 radical (unpaired) electrons. The lowest BCUT2D eigenvalue weighted by atomic mass is 10.1. The van der Waals surface area contributed by atoms with Gasteiger partial charge in [-0.3, -0.25) is 4.79 Å². The molecule has 0 N–H and O–H groups in total. The van der Waals surface area contributed by atoms with E-state index in [1.807, 2.05) is 35.2 Å². The van der Waals surface area contributed by atoms with Crippen molar-refractivity contribution < 1.29 is 17.9 Å². The van der Waals surface area contributed by atoms with Crippen molar-refractivity contribution in [2.75, 3.05) is 13.1 Å². The molecule has 5 rings (SSSR count). The summed E-state index contributed by atoms with van der Waals surface area (Å²) in [5, 5.41) is 0. The lowest BCUT2D eigenvalue weighted by Crippen LogP contribution is -2.46. The van der Waals surface area contributed by atoms with E-state index < -0.39 is 10.0 Å². The van der Waals surface area contributed by atoms with Crippen molar-refractivity contribution in [2.24, 2.45) is 5.92 Å². The van der Waals surface area contributed by atoms with Crippen LogP contribution >= 0.6 is 0 Å². The number of carbonyl (C=O) groups excluding carboxylic acids is 1. The number of likely N-dealkylation sites (tertiary alicyclic amines) is 1. The molecule has 6 nitrogen and oxygen atoms in total. The Labute approximate surface area is 177 Å². The van der Waals surface area contributed by atoms with Crippen LogP contribution in [-0.2, 0) is 21.4 Å². The molecule has 1 saturated carbocycles. The van der Waals surface area contributed by atoms with Crippen LogP contribution in [0.1, 0.15) is 31.2 Å². The minimum absolute atomic E-state index is 0.165. The maximum atomic E-state index is 13.7. The molecule has 2 heterocycles. The van der Waals surface area contributed by atoms with E-state index in [2.05, 4.69) is 0 Å². The van der Waals surface area contributed by atoms with Gasteiger partial charge in [0.05, 0.1) is 6.04 Å². The van der Waals surface area contributed by atoms with Gasteiger partial charge in [0.2, 0.25) is 15.9 Å². The summed E-state index contributed by atoms with van der Waals surface area (Å²) in [5.41, 5.74) is 0.939. The lowest BCUT2D eigenvalue weighted by molar-refractivity contribution is -0.132. The van der Waals surface area contributed by atoms with E-state index >= 15 is 0 Å². The highest BCUT2D eigenvalue weighted by Gasteiger charge is 2.44. The van der Waals surface area contributed by atoms with Crippen LogP contribution < -0.4 is 4.74 Å². The average molecular weight is 427 g/mol. The second kappa shape index (κ2) is 7.71. The highest BCUT2D eigenvalue weighted by molar-refractivity contribution is 7.89. The monoisotopic (exact) mass is 426 g/mol. The molecule has 7 heteroatoms. The molecule has 1 amide bonds. The SMILES string of the molecule is O=C(C1CC1)N1CC[C@@H]2Oc3ccccc3S(=O)(=O)N(Cc3ccccc3)[C@H]2CC1. The van der Waals surface area contributed by atoms with Gasteiger partial charge in [-0.25, -0.2) is 8.42 Å². The van der Waals surface area contributed by atoms with Crippen molar-refractivity contribution in [3.05, 3.63) is 60.2 Å². The molecular weight excluding hydrogens is 400 g/mol. The van der Waals surface area contributed by atoms with E-state index in [4.69, 9.17) is 4.74 Å². The molecule has 0 bridgehead atoms. The number of rotatable bonds is 3. The second-order valence-corrected chi connectivity index (χ2v) is 10.2. The van der Waals surface area contributed by atoms with Crippen molar-refractivity contribution >= 4 is 15.9 Å². The van der Waals surface area contributed by atoms with Crippen LogP contribution in [0.25, 0.3) is 0 Å². The highest BCUT2D eigenvalue weighted by atomic mass is 32.2. The molecule has 2 atom stereocenters. The number of sulfonamides is 1. The zero-order valence-electron chi connectivity index (χ0n) is 16.8. The Kier molecular flexibility index (Phi) is 5.03. The van der Waals surface area contributed by atoms with Crippen LogP contribution in [0.2, 0.25) is 0 Å². The third-order valence-electron chi connectivity index (χ3n) is 6.31. The van der Waals surface area contributed by atoms with Gasteiger partial charge in [-0.1, -0.05) is 42.5 Å². The molecule has 2 aromatic carbocycles. The van der Waals surface area contributed by atoms with E-state index in [9.17, 15) is 13.2 Å². The Hall–Kier alpha value is -2.38. The van der Waals surface area contributed by atoms with Gasteiger partial charge in [0.25, 0.3) is 0 Å². The van der Waals surface area contributed by atoms with Crippen LogP contribution in [0, 0.1) is 5.92 Å². The highest BCUT2D eigenvalue weighted by Crippen LogP contribution is 2.38. The molecule has 1 saturated heterocycles. The fourth-order valence-corrected chi connectivity index (χ4v) is 6.32. The molecule has 0 unspecified atom stereocenters. The predicted molar refractivity (Wildman–Crippen MR) is 112 cm³/mol. The summed E-state index contributed by atoms with van der Waals surface area (Å²) in [6.45, 7) is 1.47. The molecule has 2 aromatic rings. The fourth-order valence-electron chi connectivity index (χ4n) is 4.53. The largest absolute Gasteiger partial charge is 0.487 e. The van der Waals surface area contributed by atoms with Crippen LogP contribution in [0.5, 0.6) is 5.75 Å². The molecule has 0 spiro atoms. The summed E-state index contributed by atoms with van der Waals surface area (Å²) in [6.07, 6.45) is 2.85. The first-order valence-corrected chi connectivity index (χ1v) is 12.1. The number of hydrogen-bond acceptors (Lipinski definition) is 4. The number of hydrogen-bond donors (Lipinski definition) is 0. The smallest absolute Gasteiger partial charge is 0.247 e. The molecule has 158 valence electrons. The standard InChI is InChI=1S/C23H26N2O4S/c26-23(18-10-11-18)24-14-12-19-20(13-15-24)29-21-8-4-5-9-22(21)30(27,28)25(19)16-17-6-2-1-3-7-17/h1-9,18-20H,10-16H2/t19-,20-/m0/s1. The van der Waals surface area contributed by atoms with Crippen LogP contribution in [-0.4, -0.2) is 48.8 Å². The quantitative estimate of drug-likeness (QED) is 0.757. The topological polar surface area (TPSA) is 66.9 Å². The number of nitrogens with zero attached hydrogens (tertiary/aromatic N) is 2. The number of benzene rings is 2. The van der Waals surface area contributed by atoms with Gasteiger partial charge >= 0.3 is 0 Å². The normalized spacial score (nSPS) is 25.9. The molecule has 30 heavy (non-hydrogen) atoms. The molecule has 2 aliphatic heterocycles. The Morgan fingerprint density at radius 2 is 1.63 bits per heavy atom. The Morgan fingerprint density at radius 3 is 2.40 bits per heavy atom. The first kappa shape index (κ1) is 19.6. The van der Waals surface area contributed by atoms with Crippen molar-refractivity contribution in [1.29, 1.82) is 0 Å². The van der Waals surface area contributed by atoms with Crippen LogP contribution in [0.4, 0.5) is 0 Å². The van der Waals surface area contributed by atoms with Crippen LogP contribution in [0.15, 0.2) is 59.5 Å². The van der Waals surface area contributed by atoms with Gasteiger partial charge in [0.15, 0.2) is 0 Å². The molecule has 1 aliphatic carbocycles. The maximum Gasteiger partial charge on any atom is 0.247 e. The van der Waals surface area contributed by atoms with Gasteiger partial charge < -0.3 is 9.64 Å². The summed E-state index contributed by atoms with van der Waals surface area (Å²) in [6, 6.07) is 16.2. The third-order valence-corrected chi connectivity index (χ3v) is 8.22. The van der Waals surface area contributed by atoms with E-state index in [0.29, 0.717) is 38.2 Å². The molecule has 2 fully saturated rings. The number of ether oxygens (including phenoxy) is 1. The Bertz CT molecular complexity index is 1040. The third kappa shape index (κ3) is 3.61. The average Bonchev–Trinajstić information content (AvgIpc) is 3.61. The van der Waals surface area contributed by atoms with Gasteiger partial charge in [0, 0.05) is 32.0 Å². The first-order valence-electron chi connectivity index (χ1n) is 10.6. The van der Waals surface area contributed by atoms with Gasteiger partial charge in [0.1, 0.15) is 16.7 Å². The number of fused-ring (bicyclic) bond motifs is 2. The van der Waals surface area contributed by atoms with Gasteiger partial charge in [-0.2, -0.15) is 4.31 Å². The van der Waals surface area contributed by atoms with Crippen molar-refractivity contribution in [3.8, 4) is 5.75 Å². The minimum atomic E-state index is -3.74. The number of amides is 1. The van der Waals surface area contributed by atoms with Crippen LogP contribution in [0.3, 0.4) is 0 Å². The number of para-hydroxylation sites is 1. The summed E-state index contributed by atoms with van der Waals surface area (Å²) in [7, 11) is -3.74. The molecule has 3 aliphatic rings. The maximum absolute atomic E-state index is 13.7. The minimum Gasteiger partial charge on any atom is -0.487 e. The first-order chi connectivity index (χ1) is 14.5. The molecule has 0 aromatic heterocycles. The summed E-state index contributed by atoms with van der Waals surface area (Å²) < 4.78 is 35.3. The van der Waals surface area contributed by atoms with Crippen molar-refractivity contribution in [1.82, 2.24) is 9.21 Å². The van der Waals surface area contributed by atoms with E-state index in [-0.39, 0.29) is 28.9 Å². The van der Waals surface area contributed by atoms with Gasteiger partial charge in [-0.15, -0.1) is 0 Å². The van der Waals surface area contributed by atoms with Crippen molar-refractivity contribution in [3.63, 3.8) is 0 Å². The zero-order valence-corrected chi connectivity index (χ0v) is 17.6. The summed E-state index contributed by atoms with van der Waals surface area (Å²) in [4.78, 5) is 14.8. The fraction of sp³-hybridized carbons (Fsp3) is 0.435. The van der Waals surface area contributed by atoms with Crippen molar-refractivity contribution in [2.45, 2.75) is 49.3 Å². The van der Waals surface area contributed by atoms with E-state index in [1.54, 1.807) is 28.6 Å². The Morgan fingerprint density at radius 1 is 0.933 bits per heavy atom. The van der Waals surface area contributed by atoms with E-state index in [1.165, 1.54) is 0 Å². The summed E-state index contributed by atoms with van der Waals surface area (Å²) >= 11 is 0. The summed E-state index contributed by atoms with van der Waals surface area (Å²) in [5.74, 6) is 0.785. The lowest BCUT2D eigenvalue weighted by Gasteiger charge is -2.31.